The van der Waals surface area contributed by atoms with E-state index >= 15 is 0 Å². The highest BCUT2D eigenvalue weighted by Crippen LogP contribution is 2.22. The van der Waals surface area contributed by atoms with E-state index in [0.717, 1.165) is 12.2 Å². The van der Waals surface area contributed by atoms with Crippen LogP contribution >= 0.6 is 0 Å². The molecule has 1 aromatic rings. The summed E-state index contributed by atoms with van der Waals surface area (Å²) in [6, 6.07) is 8.00. The van der Waals surface area contributed by atoms with Gasteiger partial charge in [-0.3, -0.25) is 0 Å². The minimum absolute atomic E-state index is 0.128. The van der Waals surface area contributed by atoms with E-state index in [1.54, 1.807) is 0 Å². The van der Waals surface area contributed by atoms with Crippen molar-refractivity contribution in [3.05, 3.63) is 29.8 Å². The minimum atomic E-state index is -0.813. The molecular weight excluding hydrogens is 264 g/mol. The lowest BCUT2D eigenvalue weighted by Crippen LogP contribution is -2.21. The summed E-state index contributed by atoms with van der Waals surface area (Å²) in [5, 5.41) is 17.9. The molecule has 120 valence electrons. The number of aliphatic hydroxyl groups excluding tert-OH is 2. The number of hydrogen-bond acceptors (Lipinski definition) is 3. The maximum absolute atomic E-state index is 9.22. The average molecular weight is 294 g/mol. The summed E-state index contributed by atoms with van der Waals surface area (Å²) in [6.07, 6.45) is 5.37. The van der Waals surface area contributed by atoms with Crippen LogP contribution in [0, 0.1) is 5.41 Å². The Labute approximate surface area is 129 Å². The largest absolute Gasteiger partial charge is 0.491 e. The fourth-order valence-electron chi connectivity index (χ4n) is 2.16. The van der Waals surface area contributed by atoms with E-state index in [1.807, 2.05) is 12.1 Å². The Hall–Kier alpha value is -1.06. The Kier molecular flexibility index (Phi) is 7.76. The second-order valence-electron chi connectivity index (χ2n) is 6.91. The molecule has 2 N–H and O–H groups in total. The molecule has 0 amide bonds. The molecule has 0 saturated carbocycles. The highest BCUT2D eigenvalue weighted by molar-refractivity contribution is 5.27. The third-order valence-corrected chi connectivity index (χ3v) is 3.47. The first kappa shape index (κ1) is 18.0. The van der Waals surface area contributed by atoms with Crippen LogP contribution in [-0.2, 0) is 6.42 Å². The third kappa shape index (κ3) is 8.74. The molecule has 0 saturated heterocycles. The van der Waals surface area contributed by atoms with Crippen LogP contribution in [0.5, 0.6) is 5.75 Å². The second-order valence-corrected chi connectivity index (χ2v) is 6.91. The number of aryl methyl sites for hydroxylation is 1. The third-order valence-electron chi connectivity index (χ3n) is 3.47. The van der Waals surface area contributed by atoms with Gasteiger partial charge >= 0.3 is 0 Å². The van der Waals surface area contributed by atoms with Crippen molar-refractivity contribution in [2.45, 2.75) is 59.0 Å². The summed E-state index contributed by atoms with van der Waals surface area (Å²) in [6.45, 7) is 6.73. The molecule has 0 aliphatic carbocycles. The second kappa shape index (κ2) is 9.06. The number of rotatable bonds is 9. The van der Waals surface area contributed by atoms with E-state index < -0.39 is 6.10 Å². The van der Waals surface area contributed by atoms with E-state index in [9.17, 15) is 5.11 Å². The quantitative estimate of drug-likeness (QED) is 0.685. The van der Waals surface area contributed by atoms with Crippen molar-refractivity contribution >= 4 is 0 Å². The molecule has 0 heterocycles. The summed E-state index contributed by atoms with van der Waals surface area (Å²) in [7, 11) is 0. The van der Waals surface area contributed by atoms with Gasteiger partial charge in [0, 0.05) is 0 Å². The van der Waals surface area contributed by atoms with Gasteiger partial charge in [0.1, 0.15) is 18.5 Å². The Balaban J connectivity index is 2.22. The van der Waals surface area contributed by atoms with Crippen molar-refractivity contribution in [1.29, 1.82) is 0 Å². The van der Waals surface area contributed by atoms with Crippen LogP contribution in [0.1, 0.15) is 52.0 Å². The topological polar surface area (TPSA) is 49.7 Å². The van der Waals surface area contributed by atoms with Crippen LogP contribution in [0.25, 0.3) is 0 Å². The highest BCUT2D eigenvalue weighted by atomic mass is 16.5. The van der Waals surface area contributed by atoms with Crippen LogP contribution in [0.15, 0.2) is 24.3 Å². The smallest absolute Gasteiger partial charge is 0.119 e. The summed E-state index contributed by atoms with van der Waals surface area (Å²) in [4.78, 5) is 0. The molecule has 1 aromatic carbocycles. The van der Waals surface area contributed by atoms with Gasteiger partial charge in [-0.15, -0.1) is 0 Å². The number of unbranched alkanes of at least 4 members (excludes halogenated alkanes) is 2. The average Bonchev–Trinajstić information content (AvgIpc) is 2.44. The van der Waals surface area contributed by atoms with Crippen molar-refractivity contribution in [3.8, 4) is 5.75 Å². The van der Waals surface area contributed by atoms with E-state index in [0.29, 0.717) is 5.41 Å². The molecular formula is C18H30O3. The molecule has 0 aliphatic heterocycles. The molecule has 0 aromatic heterocycles. The van der Waals surface area contributed by atoms with E-state index in [4.69, 9.17) is 9.84 Å². The highest BCUT2D eigenvalue weighted by Gasteiger charge is 2.08. The van der Waals surface area contributed by atoms with Crippen molar-refractivity contribution in [3.63, 3.8) is 0 Å². The van der Waals surface area contributed by atoms with Crippen molar-refractivity contribution < 1.29 is 14.9 Å². The SMILES string of the molecule is CC(C)(C)CCCCCc1ccc(OCC(O)CO)cc1. The van der Waals surface area contributed by atoms with Gasteiger partial charge in [0.2, 0.25) is 0 Å². The van der Waals surface area contributed by atoms with Gasteiger partial charge in [0.25, 0.3) is 0 Å². The van der Waals surface area contributed by atoms with Crippen LogP contribution in [0.4, 0.5) is 0 Å². The van der Waals surface area contributed by atoms with Gasteiger partial charge in [0.05, 0.1) is 6.61 Å². The lowest BCUT2D eigenvalue weighted by Gasteiger charge is -2.17. The Morgan fingerprint density at radius 3 is 2.29 bits per heavy atom. The number of ether oxygens (including phenoxy) is 1. The minimum Gasteiger partial charge on any atom is -0.491 e. The molecule has 0 radical (unpaired) electrons. The summed E-state index contributed by atoms with van der Waals surface area (Å²) in [5.41, 5.74) is 1.76. The van der Waals surface area contributed by atoms with Crippen LogP contribution < -0.4 is 4.74 Å². The van der Waals surface area contributed by atoms with E-state index in [-0.39, 0.29) is 13.2 Å². The molecule has 1 rings (SSSR count). The standard InChI is InChI=1S/C18H30O3/c1-18(2,3)12-6-4-5-7-15-8-10-17(11-9-15)21-14-16(20)13-19/h8-11,16,19-20H,4-7,12-14H2,1-3H3. The summed E-state index contributed by atoms with van der Waals surface area (Å²) in [5.74, 6) is 0.735. The monoisotopic (exact) mass is 294 g/mol. The van der Waals surface area contributed by atoms with Gasteiger partial charge in [-0.25, -0.2) is 0 Å². The Morgan fingerprint density at radius 2 is 1.71 bits per heavy atom. The molecule has 3 nitrogen and oxygen atoms in total. The molecule has 0 bridgehead atoms. The van der Waals surface area contributed by atoms with Crippen LogP contribution in [0.3, 0.4) is 0 Å². The fraction of sp³-hybridized carbons (Fsp3) is 0.667. The Morgan fingerprint density at radius 1 is 1.05 bits per heavy atom. The van der Waals surface area contributed by atoms with Gasteiger partial charge in [0.15, 0.2) is 0 Å². The van der Waals surface area contributed by atoms with Gasteiger partial charge < -0.3 is 14.9 Å². The first-order valence-corrected chi connectivity index (χ1v) is 7.91. The molecule has 1 atom stereocenters. The maximum atomic E-state index is 9.22. The molecule has 21 heavy (non-hydrogen) atoms. The maximum Gasteiger partial charge on any atom is 0.119 e. The molecule has 0 fully saturated rings. The van der Waals surface area contributed by atoms with Crippen LogP contribution in [0.2, 0.25) is 0 Å². The molecule has 0 spiro atoms. The number of benzene rings is 1. The zero-order valence-corrected chi connectivity index (χ0v) is 13.6. The molecule has 0 aliphatic rings. The number of hydrogen-bond donors (Lipinski definition) is 2. The first-order valence-electron chi connectivity index (χ1n) is 7.91. The predicted octanol–water partition coefficient (Wildman–Crippen LogP) is 3.57. The van der Waals surface area contributed by atoms with Crippen molar-refractivity contribution in [2.75, 3.05) is 13.2 Å². The zero-order valence-electron chi connectivity index (χ0n) is 13.6. The van der Waals surface area contributed by atoms with Gasteiger partial charge in [-0.2, -0.15) is 0 Å². The fourth-order valence-corrected chi connectivity index (χ4v) is 2.16. The lowest BCUT2D eigenvalue weighted by atomic mass is 9.89. The molecule has 3 heteroatoms. The Bertz CT molecular complexity index is 378. The van der Waals surface area contributed by atoms with Gasteiger partial charge in [-0.05, 0) is 42.4 Å². The zero-order chi connectivity index (χ0) is 15.7. The summed E-state index contributed by atoms with van der Waals surface area (Å²) < 4.78 is 5.38. The van der Waals surface area contributed by atoms with Crippen molar-refractivity contribution in [2.24, 2.45) is 5.41 Å². The van der Waals surface area contributed by atoms with Crippen molar-refractivity contribution in [1.82, 2.24) is 0 Å². The predicted molar refractivity (Wildman–Crippen MR) is 86.7 cm³/mol. The lowest BCUT2D eigenvalue weighted by molar-refractivity contribution is 0.0536. The van der Waals surface area contributed by atoms with E-state index in [1.165, 1.54) is 31.2 Å². The summed E-state index contributed by atoms with van der Waals surface area (Å²) >= 11 is 0. The van der Waals surface area contributed by atoms with Crippen LogP contribution in [-0.4, -0.2) is 29.5 Å². The van der Waals surface area contributed by atoms with E-state index in [2.05, 4.69) is 32.9 Å². The first-order chi connectivity index (χ1) is 9.90. The number of aliphatic hydroxyl groups is 2. The van der Waals surface area contributed by atoms with Gasteiger partial charge in [-0.1, -0.05) is 45.7 Å². The molecule has 1 unspecified atom stereocenters. The normalized spacial score (nSPS) is 13.2.